The van der Waals surface area contributed by atoms with Crippen LogP contribution in [0, 0.1) is 18.3 Å². The first kappa shape index (κ1) is 29.4. The van der Waals surface area contributed by atoms with Crippen LogP contribution >= 0.6 is 11.8 Å². The Morgan fingerprint density at radius 3 is 2.30 bits per heavy atom. The minimum atomic E-state index is -0.513. The SMILES string of the molecule is COc1cc(-c2cc(-c3ccccc3)nc(S[C@H](C)C(=O)Nc3ccccc3C)c2C#N)ccc1OCc1ccccc1. The highest BCUT2D eigenvalue weighted by molar-refractivity contribution is 8.00. The number of ether oxygens (including phenoxy) is 2. The molecule has 6 nitrogen and oxygen atoms in total. The molecule has 214 valence electrons. The Labute approximate surface area is 256 Å². The molecule has 4 aromatic carbocycles. The van der Waals surface area contributed by atoms with Gasteiger partial charge < -0.3 is 14.8 Å². The first-order chi connectivity index (χ1) is 21.0. The number of hydrogen-bond donors (Lipinski definition) is 1. The summed E-state index contributed by atoms with van der Waals surface area (Å²) in [6.07, 6.45) is 0. The summed E-state index contributed by atoms with van der Waals surface area (Å²) in [5, 5.41) is 13.3. The van der Waals surface area contributed by atoms with Gasteiger partial charge in [0.25, 0.3) is 0 Å². The fraction of sp³-hybridized carbons (Fsp3) is 0.139. The van der Waals surface area contributed by atoms with Crippen LogP contribution in [0.15, 0.2) is 114 Å². The normalized spacial score (nSPS) is 11.3. The summed E-state index contributed by atoms with van der Waals surface area (Å²) in [6.45, 7) is 4.17. The lowest BCUT2D eigenvalue weighted by Crippen LogP contribution is -2.23. The molecule has 0 aliphatic heterocycles. The van der Waals surface area contributed by atoms with Crippen molar-refractivity contribution in [3.05, 3.63) is 126 Å². The van der Waals surface area contributed by atoms with E-state index in [1.54, 1.807) is 7.11 Å². The number of carbonyl (C=O) groups excluding carboxylic acids is 1. The number of rotatable bonds is 10. The van der Waals surface area contributed by atoms with Gasteiger partial charge in [-0.25, -0.2) is 4.98 Å². The number of nitriles is 1. The summed E-state index contributed by atoms with van der Waals surface area (Å²) in [7, 11) is 1.59. The summed E-state index contributed by atoms with van der Waals surface area (Å²) in [6, 6.07) is 37.2. The number of para-hydroxylation sites is 1. The third-order valence-electron chi connectivity index (χ3n) is 6.94. The quantitative estimate of drug-likeness (QED) is 0.166. The number of aryl methyl sites for hydroxylation is 1. The minimum absolute atomic E-state index is 0.168. The summed E-state index contributed by atoms with van der Waals surface area (Å²) in [5.41, 5.74) is 6.24. The molecule has 5 aromatic rings. The van der Waals surface area contributed by atoms with Gasteiger partial charge in [0.1, 0.15) is 17.7 Å². The number of hydrogen-bond acceptors (Lipinski definition) is 6. The fourth-order valence-corrected chi connectivity index (χ4v) is 5.48. The molecule has 0 spiro atoms. The fourth-order valence-electron chi connectivity index (χ4n) is 4.56. The minimum Gasteiger partial charge on any atom is -0.493 e. The highest BCUT2D eigenvalue weighted by Gasteiger charge is 2.22. The molecule has 7 heteroatoms. The van der Waals surface area contributed by atoms with E-state index in [1.165, 1.54) is 11.8 Å². The zero-order chi connectivity index (χ0) is 30.2. The molecule has 0 radical (unpaired) electrons. The van der Waals surface area contributed by atoms with Gasteiger partial charge in [-0.3, -0.25) is 4.79 Å². The molecule has 0 aliphatic rings. The monoisotopic (exact) mass is 585 g/mol. The van der Waals surface area contributed by atoms with E-state index in [-0.39, 0.29) is 5.91 Å². The van der Waals surface area contributed by atoms with Crippen LogP contribution in [-0.2, 0) is 11.4 Å². The summed E-state index contributed by atoms with van der Waals surface area (Å²) >= 11 is 1.26. The maximum absolute atomic E-state index is 13.2. The zero-order valence-electron chi connectivity index (χ0n) is 24.2. The predicted octanol–water partition coefficient (Wildman–Crippen LogP) is 8.30. The molecule has 43 heavy (non-hydrogen) atoms. The van der Waals surface area contributed by atoms with Crippen LogP contribution in [0.25, 0.3) is 22.4 Å². The van der Waals surface area contributed by atoms with Crippen molar-refractivity contribution in [2.24, 2.45) is 0 Å². The Morgan fingerprint density at radius 1 is 0.907 bits per heavy atom. The van der Waals surface area contributed by atoms with E-state index in [0.717, 1.165) is 27.9 Å². The highest BCUT2D eigenvalue weighted by atomic mass is 32.2. The molecule has 0 unspecified atom stereocenters. The van der Waals surface area contributed by atoms with Gasteiger partial charge in [0, 0.05) is 16.8 Å². The highest BCUT2D eigenvalue weighted by Crippen LogP contribution is 2.39. The smallest absolute Gasteiger partial charge is 0.237 e. The first-order valence-electron chi connectivity index (χ1n) is 13.9. The largest absolute Gasteiger partial charge is 0.493 e. The molecule has 1 amide bonds. The van der Waals surface area contributed by atoms with Crippen molar-refractivity contribution in [1.29, 1.82) is 5.26 Å². The standard InChI is InChI=1S/C36H31N3O3S/c1-24-12-10-11-17-31(24)38-35(40)25(2)43-36-30(22-37)29(21-32(39-36)27-15-8-5-9-16-27)28-18-19-33(34(20-28)41-3)42-23-26-13-6-4-7-14-26/h4-21,25H,23H2,1-3H3,(H,38,40)/t25-/m1/s1. The zero-order valence-corrected chi connectivity index (χ0v) is 25.0. The van der Waals surface area contributed by atoms with E-state index in [9.17, 15) is 10.1 Å². The van der Waals surface area contributed by atoms with Crippen molar-refractivity contribution in [1.82, 2.24) is 4.98 Å². The number of anilines is 1. The van der Waals surface area contributed by atoms with E-state index in [4.69, 9.17) is 14.5 Å². The van der Waals surface area contributed by atoms with E-state index in [1.807, 2.05) is 123 Å². The second-order valence-corrected chi connectivity index (χ2v) is 11.2. The summed E-state index contributed by atoms with van der Waals surface area (Å²) < 4.78 is 11.8. The Kier molecular flexibility index (Phi) is 9.40. The average molecular weight is 586 g/mol. The van der Waals surface area contributed by atoms with Gasteiger partial charge in [0.2, 0.25) is 5.91 Å². The molecular weight excluding hydrogens is 554 g/mol. The molecule has 1 atom stereocenters. The third-order valence-corrected chi connectivity index (χ3v) is 8.03. The van der Waals surface area contributed by atoms with Gasteiger partial charge in [-0.2, -0.15) is 5.26 Å². The van der Waals surface area contributed by atoms with E-state index in [2.05, 4.69) is 11.4 Å². The van der Waals surface area contributed by atoms with Gasteiger partial charge >= 0.3 is 0 Å². The van der Waals surface area contributed by atoms with E-state index >= 15 is 0 Å². The number of pyridine rings is 1. The molecule has 0 fully saturated rings. The van der Waals surface area contributed by atoms with E-state index < -0.39 is 5.25 Å². The topological polar surface area (TPSA) is 84.2 Å². The van der Waals surface area contributed by atoms with Crippen molar-refractivity contribution in [2.75, 3.05) is 12.4 Å². The lowest BCUT2D eigenvalue weighted by molar-refractivity contribution is -0.115. The van der Waals surface area contributed by atoms with Gasteiger partial charge in [0.15, 0.2) is 11.5 Å². The Hall–Kier alpha value is -5.06. The second kappa shape index (κ2) is 13.7. The van der Waals surface area contributed by atoms with Crippen molar-refractivity contribution in [3.63, 3.8) is 0 Å². The number of thioether (sulfide) groups is 1. The van der Waals surface area contributed by atoms with Crippen molar-refractivity contribution in [2.45, 2.75) is 30.7 Å². The molecule has 1 heterocycles. The van der Waals surface area contributed by atoms with Crippen LogP contribution in [0.3, 0.4) is 0 Å². The molecule has 5 rings (SSSR count). The van der Waals surface area contributed by atoms with Crippen LogP contribution in [0.4, 0.5) is 5.69 Å². The number of nitrogens with one attached hydrogen (secondary N) is 1. The van der Waals surface area contributed by atoms with Gasteiger partial charge in [-0.1, -0.05) is 96.7 Å². The van der Waals surface area contributed by atoms with E-state index in [0.29, 0.717) is 40.0 Å². The maximum Gasteiger partial charge on any atom is 0.237 e. The molecule has 1 N–H and O–H groups in total. The second-order valence-electron chi connectivity index (χ2n) is 9.92. The summed E-state index contributed by atoms with van der Waals surface area (Å²) in [5.74, 6) is 0.982. The third kappa shape index (κ3) is 7.06. The van der Waals surface area contributed by atoms with Crippen LogP contribution in [0.2, 0.25) is 0 Å². The molecule has 0 saturated carbocycles. The molecule has 0 bridgehead atoms. The number of aromatic nitrogens is 1. The molecule has 0 aliphatic carbocycles. The van der Waals surface area contributed by atoms with Gasteiger partial charge in [-0.05, 0) is 54.8 Å². The number of amides is 1. The van der Waals surface area contributed by atoms with Crippen molar-refractivity contribution < 1.29 is 14.3 Å². The molecule has 0 saturated heterocycles. The predicted molar refractivity (Wildman–Crippen MR) is 172 cm³/mol. The Bertz CT molecular complexity index is 1770. The maximum atomic E-state index is 13.2. The molecule has 1 aromatic heterocycles. The Balaban J connectivity index is 1.51. The lowest BCUT2D eigenvalue weighted by Gasteiger charge is -2.17. The Morgan fingerprint density at radius 2 is 1.60 bits per heavy atom. The lowest BCUT2D eigenvalue weighted by atomic mass is 9.99. The average Bonchev–Trinajstić information content (AvgIpc) is 3.05. The number of benzene rings is 4. The van der Waals surface area contributed by atoms with Crippen molar-refractivity contribution in [3.8, 4) is 40.0 Å². The van der Waals surface area contributed by atoms with Crippen LogP contribution in [-0.4, -0.2) is 23.3 Å². The number of methoxy groups -OCH3 is 1. The van der Waals surface area contributed by atoms with Crippen LogP contribution in [0.5, 0.6) is 11.5 Å². The van der Waals surface area contributed by atoms with Gasteiger partial charge in [0.05, 0.1) is 23.6 Å². The summed E-state index contributed by atoms with van der Waals surface area (Å²) in [4.78, 5) is 18.1. The van der Waals surface area contributed by atoms with Crippen LogP contribution in [0.1, 0.15) is 23.6 Å². The molecular formula is C36H31N3O3S. The van der Waals surface area contributed by atoms with Gasteiger partial charge in [-0.15, -0.1) is 0 Å². The van der Waals surface area contributed by atoms with Crippen LogP contribution < -0.4 is 14.8 Å². The first-order valence-corrected chi connectivity index (χ1v) is 14.7. The van der Waals surface area contributed by atoms with Crippen molar-refractivity contribution >= 4 is 23.4 Å². The number of nitrogens with zero attached hydrogens (tertiary/aromatic N) is 2. The number of carbonyl (C=O) groups is 1.